The first-order valence-corrected chi connectivity index (χ1v) is 7.43. The third-order valence-corrected chi connectivity index (χ3v) is 4.52. The predicted octanol–water partition coefficient (Wildman–Crippen LogP) is 0.993. The van der Waals surface area contributed by atoms with Crippen molar-refractivity contribution in [3.05, 3.63) is 34.8 Å². The van der Waals surface area contributed by atoms with Crippen LogP contribution in [0.1, 0.15) is 5.82 Å². The molecule has 2 aromatic heterocycles. The molecule has 0 spiro atoms. The zero-order chi connectivity index (χ0) is 13.3. The molecular weight excluding hydrogens is 320 g/mol. The van der Waals surface area contributed by atoms with Crippen LogP contribution in [-0.4, -0.2) is 36.2 Å². The molecule has 2 heterocycles. The average Bonchev–Trinajstić information content (AvgIpc) is 2.65. The van der Waals surface area contributed by atoms with Gasteiger partial charge < -0.3 is 4.40 Å². The van der Waals surface area contributed by atoms with Crippen LogP contribution in [-0.2, 0) is 16.8 Å². The van der Waals surface area contributed by atoms with Crippen LogP contribution in [0.3, 0.4) is 0 Å². The van der Waals surface area contributed by atoms with E-state index >= 15 is 0 Å². The van der Waals surface area contributed by atoms with E-state index < -0.39 is 10.2 Å². The summed E-state index contributed by atoms with van der Waals surface area (Å²) >= 11 is 3.35. The van der Waals surface area contributed by atoms with Gasteiger partial charge in [0.25, 0.3) is 10.2 Å². The van der Waals surface area contributed by atoms with Gasteiger partial charge in [-0.25, -0.2) is 4.98 Å². The smallest absolute Gasteiger partial charge is 0.279 e. The van der Waals surface area contributed by atoms with E-state index in [1.165, 1.54) is 14.1 Å². The van der Waals surface area contributed by atoms with Crippen LogP contribution in [0.25, 0.3) is 5.52 Å². The van der Waals surface area contributed by atoms with Crippen LogP contribution in [0.4, 0.5) is 0 Å². The summed E-state index contributed by atoms with van der Waals surface area (Å²) in [6, 6.07) is 5.67. The van der Waals surface area contributed by atoms with Crippen LogP contribution in [0.5, 0.6) is 0 Å². The topological polar surface area (TPSA) is 66.7 Å². The van der Waals surface area contributed by atoms with Crippen molar-refractivity contribution < 1.29 is 8.42 Å². The van der Waals surface area contributed by atoms with Crippen molar-refractivity contribution >= 4 is 31.7 Å². The minimum absolute atomic E-state index is 0.136. The van der Waals surface area contributed by atoms with Crippen molar-refractivity contribution in [2.45, 2.75) is 6.54 Å². The van der Waals surface area contributed by atoms with E-state index in [4.69, 9.17) is 0 Å². The highest BCUT2D eigenvalue weighted by Gasteiger charge is 2.15. The van der Waals surface area contributed by atoms with Crippen LogP contribution in [0.15, 0.2) is 29.0 Å². The Bertz CT molecular complexity index is 666. The lowest BCUT2D eigenvalue weighted by atomic mass is 10.4. The van der Waals surface area contributed by atoms with Gasteiger partial charge in [0, 0.05) is 20.3 Å². The van der Waals surface area contributed by atoms with Crippen molar-refractivity contribution in [3.8, 4) is 0 Å². The first kappa shape index (κ1) is 13.5. The summed E-state index contributed by atoms with van der Waals surface area (Å²) < 4.78 is 29.4. The first-order chi connectivity index (χ1) is 8.42. The molecule has 2 aromatic rings. The molecule has 0 aliphatic carbocycles. The van der Waals surface area contributed by atoms with Crippen molar-refractivity contribution in [2.24, 2.45) is 0 Å². The molecule has 0 radical (unpaired) electrons. The Morgan fingerprint density at radius 3 is 2.83 bits per heavy atom. The van der Waals surface area contributed by atoms with Gasteiger partial charge in [0.05, 0.1) is 12.1 Å². The number of nitrogens with zero attached hydrogens (tertiary/aromatic N) is 3. The lowest BCUT2D eigenvalue weighted by Gasteiger charge is -2.11. The zero-order valence-corrected chi connectivity index (χ0v) is 12.4. The molecule has 0 fully saturated rings. The Kier molecular flexibility index (Phi) is 3.71. The molecule has 2 rings (SSSR count). The van der Waals surface area contributed by atoms with E-state index in [1.54, 1.807) is 0 Å². The van der Waals surface area contributed by atoms with Crippen LogP contribution in [0, 0.1) is 0 Å². The predicted molar refractivity (Wildman–Crippen MR) is 72.3 cm³/mol. The van der Waals surface area contributed by atoms with Gasteiger partial charge in [-0.3, -0.25) is 0 Å². The molecule has 0 aliphatic rings. The molecule has 0 unspecified atom stereocenters. The van der Waals surface area contributed by atoms with E-state index in [1.807, 2.05) is 28.8 Å². The second-order valence-corrected chi connectivity index (χ2v) is 6.60. The Morgan fingerprint density at radius 1 is 1.44 bits per heavy atom. The second kappa shape index (κ2) is 4.96. The minimum Gasteiger partial charge on any atom is -0.301 e. The molecule has 0 amide bonds. The minimum atomic E-state index is -3.44. The third kappa shape index (κ3) is 2.56. The first-order valence-electron chi connectivity index (χ1n) is 5.20. The Hall–Kier alpha value is -0.960. The summed E-state index contributed by atoms with van der Waals surface area (Å²) in [5.41, 5.74) is 0.900. The Morgan fingerprint density at radius 2 is 2.17 bits per heavy atom. The van der Waals surface area contributed by atoms with E-state index in [9.17, 15) is 8.42 Å². The number of imidazole rings is 1. The average molecular weight is 333 g/mol. The normalized spacial score (nSPS) is 12.4. The highest BCUT2D eigenvalue weighted by atomic mass is 79.9. The number of hydrogen-bond acceptors (Lipinski definition) is 3. The summed E-state index contributed by atoms with van der Waals surface area (Å²) in [6.07, 6.45) is 1.84. The molecule has 8 heteroatoms. The zero-order valence-electron chi connectivity index (χ0n) is 9.96. The molecule has 0 bridgehead atoms. The third-order valence-electron chi connectivity index (χ3n) is 2.47. The summed E-state index contributed by atoms with van der Waals surface area (Å²) in [7, 11) is -0.493. The molecule has 0 saturated heterocycles. The molecular formula is C10H13BrN4O2S. The fourth-order valence-corrected chi connectivity index (χ4v) is 2.57. The number of aromatic nitrogens is 2. The van der Waals surface area contributed by atoms with Gasteiger partial charge in [-0.15, -0.1) is 0 Å². The van der Waals surface area contributed by atoms with Gasteiger partial charge in [-0.05, 0) is 28.1 Å². The van der Waals surface area contributed by atoms with E-state index in [2.05, 4.69) is 25.6 Å². The fourth-order valence-electron chi connectivity index (χ4n) is 1.47. The maximum absolute atomic E-state index is 11.6. The quantitative estimate of drug-likeness (QED) is 0.908. The van der Waals surface area contributed by atoms with Crippen LogP contribution in [0.2, 0.25) is 0 Å². The van der Waals surface area contributed by atoms with Gasteiger partial charge in [0.15, 0.2) is 0 Å². The summed E-state index contributed by atoms with van der Waals surface area (Å²) in [6.45, 7) is 0.136. The molecule has 0 saturated carbocycles. The van der Waals surface area contributed by atoms with Gasteiger partial charge in [0.2, 0.25) is 0 Å². The van der Waals surface area contributed by atoms with Gasteiger partial charge in [-0.2, -0.15) is 17.4 Å². The van der Waals surface area contributed by atoms with Gasteiger partial charge in [-0.1, -0.05) is 6.07 Å². The SMILES string of the molecule is CN(C)S(=O)(=O)NCc1nc(Br)c2ccccn12. The number of halogens is 1. The van der Waals surface area contributed by atoms with Gasteiger partial charge >= 0.3 is 0 Å². The largest absolute Gasteiger partial charge is 0.301 e. The fraction of sp³-hybridized carbons (Fsp3) is 0.300. The molecule has 98 valence electrons. The van der Waals surface area contributed by atoms with Gasteiger partial charge in [0.1, 0.15) is 10.4 Å². The van der Waals surface area contributed by atoms with Crippen molar-refractivity contribution in [1.29, 1.82) is 0 Å². The summed E-state index contributed by atoms with van der Waals surface area (Å²) in [5, 5.41) is 0. The molecule has 1 N–H and O–H groups in total. The molecule has 0 aromatic carbocycles. The van der Waals surface area contributed by atoms with Crippen molar-refractivity contribution in [1.82, 2.24) is 18.4 Å². The van der Waals surface area contributed by atoms with E-state index in [0.717, 1.165) is 9.82 Å². The number of rotatable bonds is 4. The maximum atomic E-state index is 11.6. The number of hydrogen-bond donors (Lipinski definition) is 1. The van der Waals surface area contributed by atoms with Crippen LogP contribution >= 0.6 is 15.9 Å². The second-order valence-electron chi connectivity index (χ2n) is 3.88. The number of pyridine rings is 1. The molecule has 0 atom stereocenters. The van der Waals surface area contributed by atoms with Crippen LogP contribution < -0.4 is 4.72 Å². The Balaban J connectivity index is 2.29. The van der Waals surface area contributed by atoms with E-state index in [-0.39, 0.29) is 6.54 Å². The molecule has 18 heavy (non-hydrogen) atoms. The van der Waals surface area contributed by atoms with Crippen molar-refractivity contribution in [2.75, 3.05) is 14.1 Å². The number of fused-ring (bicyclic) bond motifs is 1. The highest BCUT2D eigenvalue weighted by Crippen LogP contribution is 2.18. The monoisotopic (exact) mass is 332 g/mol. The maximum Gasteiger partial charge on any atom is 0.279 e. The van der Waals surface area contributed by atoms with E-state index in [0.29, 0.717) is 10.4 Å². The van der Waals surface area contributed by atoms with Crippen molar-refractivity contribution in [3.63, 3.8) is 0 Å². The number of nitrogens with one attached hydrogen (secondary N) is 1. The summed E-state index contributed by atoms with van der Waals surface area (Å²) in [5.74, 6) is 0.628. The highest BCUT2D eigenvalue weighted by molar-refractivity contribution is 9.10. The Labute approximate surface area is 114 Å². The molecule has 6 nitrogen and oxygen atoms in total. The molecule has 0 aliphatic heterocycles. The lowest BCUT2D eigenvalue weighted by Crippen LogP contribution is -2.35. The lowest BCUT2D eigenvalue weighted by molar-refractivity contribution is 0.503. The summed E-state index contributed by atoms with van der Waals surface area (Å²) in [4.78, 5) is 4.29. The standard InChI is InChI=1S/C10H13BrN4O2S/c1-14(2)18(16,17)12-7-9-13-10(11)8-5-3-4-6-15(8)9/h3-6,12H,7H2,1-2H3.